The van der Waals surface area contributed by atoms with Crippen LogP contribution in [0.1, 0.15) is 11.7 Å². The van der Waals surface area contributed by atoms with Crippen LogP contribution in [0.25, 0.3) is 0 Å². The molecule has 0 aliphatic carbocycles. The Balaban J connectivity index is 3.12. The van der Waals surface area contributed by atoms with E-state index in [1.807, 2.05) is 0 Å². The molecular weight excluding hydrogens is 175 g/mol. The average Bonchev–Trinajstić information content (AvgIpc) is 2.16. The van der Waals surface area contributed by atoms with Gasteiger partial charge in [-0.05, 0) is 6.07 Å². The third-order valence-corrected chi connectivity index (χ3v) is 1.73. The Hall–Kier alpha value is -1.13. The van der Waals surface area contributed by atoms with Gasteiger partial charge in [-0.15, -0.1) is 0 Å². The van der Waals surface area contributed by atoms with Crippen LogP contribution in [0.2, 0.25) is 0 Å². The van der Waals surface area contributed by atoms with Gasteiger partial charge in [0.05, 0.1) is 13.7 Å². The highest BCUT2D eigenvalue weighted by Gasteiger charge is 2.14. The predicted octanol–water partition coefficient (Wildman–Crippen LogP) is 0.860. The lowest BCUT2D eigenvalue weighted by Crippen LogP contribution is -2.05. The number of para-hydroxylation sites is 1. The van der Waals surface area contributed by atoms with Crippen LogP contribution in [0.5, 0.6) is 5.75 Å². The highest BCUT2D eigenvalue weighted by Crippen LogP contribution is 2.27. The SMILES string of the molecule is COc1c(F)cccc1C(O)CO. The molecule has 1 unspecified atom stereocenters. The molecule has 0 saturated carbocycles. The number of hydrogen-bond acceptors (Lipinski definition) is 3. The van der Waals surface area contributed by atoms with Crippen molar-refractivity contribution in [3.05, 3.63) is 29.6 Å². The van der Waals surface area contributed by atoms with E-state index in [2.05, 4.69) is 0 Å². The second-order valence-corrected chi connectivity index (χ2v) is 2.56. The maximum Gasteiger partial charge on any atom is 0.165 e. The molecule has 0 bridgehead atoms. The molecule has 0 amide bonds. The molecule has 1 rings (SSSR count). The fraction of sp³-hybridized carbons (Fsp3) is 0.333. The van der Waals surface area contributed by atoms with Crippen LogP contribution >= 0.6 is 0 Å². The number of rotatable bonds is 3. The highest BCUT2D eigenvalue weighted by molar-refractivity contribution is 5.36. The summed E-state index contributed by atoms with van der Waals surface area (Å²) in [6.07, 6.45) is -1.11. The highest BCUT2D eigenvalue weighted by atomic mass is 19.1. The van der Waals surface area contributed by atoms with Crippen molar-refractivity contribution in [3.8, 4) is 5.75 Å². The van der Waals surface area contributed by atoms with Gasteiger partial charge in [-0.3, -0.25) is 0 Å². The molecule has 13 heavy (non-hydrogen) atoms. The minimum atomic E-state index is -1.11. The largest absolute Gasteiger partial charge is 0.493 e. The van der Waals surface area contributed by atoms with Gasteiger partial charge >= 0.3 is 0 Å². The van der Waals surface area contributed by atoms with E-state index in [9.17, 15) is 9.50 Å². The zero-order valence-corrected chi connectivity index (χ0v) is 7.20. The normalized spacial score (nSPS) is 12.6. The summed E-state index contributed by atoms with van der Waals surface area (Å²) in [6, 6.07) is 4.18. The number of benzene rings is 1. The van der Waals surface area contributed by atoms with Crippen molar-refractivity contribution in [1.82, 2.24) is 0 Å². The first kappa shape index (κ1) is 9.95. The van der Waals surface area contributed by atoms with Gasteiger partial charge in [0.25, 0.3) is 0 Å². The Morgan fingerprint density at radius 2 is 2.23 bits per heavy atom. The molecule has 0 spiro atoms. The summed E-state index contributed by atoms with van der Waals surface area (Å²) in [5.74, 6) is -0.573. The van der Waals surface area contributed by atoms with Gasteiger partial charge in [0.2, 0.25) is 0 Å². The first-order chi connectivity index (χ1) is 6.20. The number of halogens is 1. The van der Waals surface area contributed by atoms with Gasteiger partial charge in [0, 0.05) is 5.56 Å². The summed E-state index contributed by atoms with van der Waals surface area (Å²) < 4.78 is 17.8. The molecule has 0 aliphatic rings. The van der Waals surface area contributed by atoms with Gasteiger partial charge in [-0.2, -0.15) is 0 Å². The van der Waals surface area contributed by atoms with E-state index < -0.39 is 18.5 Å². The van der Waals surface area contributed by atoms with Crippen molar-refractivity contribution in [1.29, 1.82) is 0 Å². The van der Waals surface area contributed by atoms with E-state index in [4.69, 9.17) is 9.84 Å². The molecule has 3 nitrogen and oxygen atoms in total. The number of hydrogen-bond donors (Lipinski definition) is 2. The molecule has 0 aliphatic heterocycles. The van der Waals surface area contributed by atoms with Crippen LogP contribution in [0.4, 0.5) is 4.39 Å². The maximum absolute atomic E-state index is 13.0. The Morgan fingerprint density at radius 1 is 1.54 bits per heavy atom. The van der Waals surface area contributed by atoms with E-state index >= 15 is 0 Å². The zero-order chi connectivity index (χ0) is 9.84. The lowest BCUT2D eigenvalue weighted by molar-refractivity contribution is 0.0928. The van der Waals surface area contributed by atoms with E-state index in [1.54, 1.807) is 0 Å². The molecule has 2 N–H and O–H groups in total. The van der Waals surface area contributed by atoms with Crippen molar-refractivity contribution < 1.29 is 19.3 Å². The van der Waals surface area contributed by atoms with E-state index in [0.717, 1.165) is 0 Å². The number of methoxy groups -OCH3 is 1. The summed E-state index contributed by atoms with van der Waals surface area (Å²) >= 11 is 0. The van der Waals surface area contributed by atoms with Gasteiger partial charge < -0.3 is 14.9 Å². The predicted molar refractivity (Wildman–Crippen MR) is 45.0 cm³/mol. The lowest BCUT2D eigenvalue weighted by atomic mass is 10.1. The summed E-state index contributed by atoms with van der Waals surface area (Å²) in [6.45, 7) is -0.459. The third-order valence-electron chi connectivity index (χ3n) is 1.73. The van der Waals surface area contributed by atoms with Crippen LogP contribution in [-0.4, -0.2) is 23.9 Å². The van der Waals surface area contributed by atoms with Crippen LogP contribution in [-0.2, 0) is 0 Å². The molecule has 4 heteroatoms. The molecule has 0 aromatic heterocycles. The smallest absolute Gasteiger partial charge is 0.165 e. The summed E-state index contributed by atoms with van der Waals surface area (Å²) in [7, 11) is 1.31. The van der Waals surface area contributed by atoms with Gasteiger partial charge in [0.15, 0.2) is 11.6 Å². The molecule has 0 fully saturated rings. The summed E-state index contributed by atoms with van der Waals surface area (Å²) in [5.41, 5.74) is 0.255. The standard InChI is InChI=1S/C9H11FO3/c1-13-9-6(8(12)5-11)3-2-4-7(9)10/h2-4,8,11-12H,5H2,1H3. The van der Waals surface area contributed by atoms with Crippen molar-refractivity contribution in [2.45, 2.75) is 6.10 Å². The van der Waals surface area contributed by atoms with Crippen LogP contribution in [0.3, 0.4) is 0 Å². The molecule has 0 saturated heterocycles. The molecular formula is C9H11FO3. The minimum absolute atomic E-state index is 0.0240. The second kappa shape index (κ2) is 4.20. The molecule has 0 heterocycles. The van der Waals surface area contributed by atoms with Crippen molar-refractivity contribution in [2.24, 2.45) is 0 Å². The van der Waals surface area contributed by atoms with E-state index in [0.29, 0.717) is 0 Å². The Kier molecular flexibility index (Phi) is 3.22. The van der Waals surface area contributed by atoms with Gasteiger partial charge in [0.1, 0.15) is 6.10 Å². The molecule has 1 atom stereocenters. The van der Waals surface area contributed by atoms with Gasteiger partial charge in [-0.1, -0.05) is 12.1 Å². The van der Waals surface area contributed by atoms with Crippen molar-refractivity contribution >= 4 is 0 Å². The summed E-state index contributed by atoms with van der Waals surface area (Å²) in [4.78, 5) is 0. The molecule has 0 radical (unpaired) electrons. The monoisotopic (exact) mass is 186 g/mol. The van der Waals surface area contributed by atoms with Gasteiger partial charge in [-0.25, -0.2) is 4.39 Å². The summed E-state index contributed by atoms with van der Waals surface area (Å²) in [5, 5.41) is 17.9. The van der Waals surface area contributed by atoms with E-state index in [1.165, 1.54) is 25.3 Å². The Bertz CT molecular complexity index is 288. The Labute approximate surface area is 75.4 Å². The van der Waals surface area contributed by atoms with Crippen molar-refractivity contribution in [2.75, 3.05) is 13.7 Å². The average molecular weight is 186 g/mol. The maximum atomic E-state index is 13.0. The molecule has 72 valence electrons. The minimum Gasteiger partial charge on any atom is -0.493 e. The van der Waals surface area contributed by atoms with Crippen LogP contribution < -0.4 is 4.74 Å². The zero-order valence-electron chi connectivity index (χ0n) is 7.20. The number of ether oxygens (including phenoxy) is 1. The van der Waals surface area contributed by atoms with Crippen molar-refractivity contribution in [3.63, 3.8) is 0 Å². The number of aliphatic hydroxyl groups is 2. The van der Waals surface area contributed by atoms with E-state index in [-0.39, 0.29) is 11.3 Å². The topological polar surface area (TPSA) is 49.7 Å². The van der Waals surface area contributed by atoms with Crippen LogP contribution in [0, 0.1) is 5.82 Å². The fourth-order valence-corrected chi connectivity index (χ4v) is 1.10. The lowest BCUT2D eigenvalue weighted by Gasteiger charge is -2.12. The van der Waals surface area contributed by atoms with Crippen LogP contribution in [0.15, 0.2) is 18.2 Å². The first-order valence-corrected chi connectivity index (χ1v) is 3.82. The first-order valence-electron chi connectivity index (χ1n) is 3.82. The molecule has 1 aromatic carbocycles. The quantitative estimate of drug-likeness (QED) is 0.736. The molecule has 1 aromatic rings. The number of aliphatic hydroxyl groups excluding tert-OH is 2. The second-order valence-electron chi connectivity index (χ2n) is 2.56. The fourth-order valence-electron chi connectivity index (χ4n) is 1.10. The Morgan fingerprint density at radius 3 is 2.77 bits per heavy atom. The third kappa shape index (κ3) is 1.96.